The summed E-state index contributed by atoms with van der Waals surface area (Å²) < 4.78 is 9.86. The van der Waals surface area contributed by atoms with Crippen LogP contribution in [0, 0.1) is 0 Å². The molecule has 0 aliphatic carbocycles. The number of hydrogen-bond donors (Lipinski definition) is 0. The van der Waals surface area contributed by atoms with Crippen molar-refractivity contribution in [2.45, 2.75) is 0 Å². The van der Waals surface area contributed by atoms with E-state index in [2.05, 4.69) is 297 Å². The largest absolute Gasteiger partial charge is 0.309 e. The Labute approximate surface area is 444 Å². The lowest BCUT2D eigenvalue weighted by Crippen LogP contribution is -2.72. The fourth-order valence-corrected chi connectivity index (χ4v) is 19.1. The van der Waals surface area contributed by atoms with Gasteiger partial charge < -0.3 is 18.3 Å². The van der Waals surface area contributed by atoms with E-state index in [9.17, 15) is 0 Å². The Morgan fingerprint density at radius 3 is 0.857 bits per heavy atom. The molecule has 17 rings (SSSR count). The van der Waals surface area contributed by atoms with Gasteiger partial charge in [0.15, 0.2) is 8.07 Å². The highest BCUT2D eigenvalue weighted by atomic mass is 28.3. The minimum atomic E-state index is -3.08. The van der Waals surface area contributed by atoms with Crippen LogP contribution in [0.2, 0.25) is 0 Å². The molecule has 0 unspecified atom stereocenters. The first-order valence-corrected chi connectivity index (χ1v) is 28.7. The molecule has 12 aromatic carbocycles. The molecule has 0 atom stereocenters. The zero-order valence-electron chi connectivity index (χ0n) is 41.8. The summed E-state index contributed by atoms with van der Waals surface area (Å²) in [4.78, 5) is 0. The van der Waals surface area contributed by atoms with Crippen LogP contribution in [0.3, 0.4) is 0 Å². The molecule has 1 aliphatic rings. The van der Waals surface area contributed by atoms with Gasteiger partial charge in [-0.25, -0.2) is 0 Å². The molecule has 5 heterocycles. The van der Waals surface area contributed by atoms with Gasteiger partial charge >= 0.3 is 0 Å². The van der Waals surface area contributed by atoms with E-state index in [0.29, 0.717) is 0 Å². The van der Waals surface area contributed by atoms with Gasteiger partial charge in [-0.15, -0.1) is 0 Å². The predicted molar refractivity (Wildman–Crippen MR) is 326 cm³/mol. The van der Waals surface area contributed by atoms with E-state index in [1.54, 1.807) is 0 Å². The van der Waals surface area contributed by atoms with Gasteiger partial charge in [-0.1, -0.05) is 182 Å². The number of para-hydroxylation sites is 6. The SMILES string of the molecule is c1ccc(-n2c3ccccc3c3cc4c5cc([Si]6(c7ccc8c(c7)c7cc9c%10ccccc%10n(-c%10ccccc%10)c9cc7n8-c7ccccc7)c7ccccc7-c7ccccc76)ccc5n(-c5ccccc5)c4cc32)cc1. The van der Waals surface area contributed by atoms with Gasteiger partial charge in [0, 0.05) is 65.8 Å². The van der Waals surface area contributed by atoms with Crippen molar-refractivity contribution in [3.63, 3.8) is 0 Å². The highest BCUT2D eigenvalue weighted by molar-refractivity contribution is 7.22. The van der Waals surface area contributed by atoms with Gasteiger partial charge in [0.25, 0.3) is 0 Å². The normalized spacial score (nSPS) is 13.0. The summed E-state index contributed by atoms with van der Waals surface area (Å²) in [5, 5.41) is 15.6. The predicted octanol–water partition coefficient (Wildman–Crippen LogP) is 15.4. The molecule has 0 fully saturated rings. The summed E-state index contributed by atoms with van der Waals surface area (Å²) >= 11 is 0. The lowest BCUT2D eigenvalue weighted by molar-refractivity contribution is 1.16. The van der Waals surface area contributed by atoms with E-state index < -0.39 is 8.07 Å². The van der Waals surface area contributed by atoms with Crippen molar-refractivity contribution in [1.29, 1.82) is 0 Å². The van der Waals surface area contributed by atoms with E-state index >= 15 is 0 Å². The first kappa shape index (κ1) is 42.4. The zero-order valence-corrected chi connectivity index (χ0v) is 42.8. The van der Waals surface area contributed by atoms with Gasteiger partial charge in [0.1, 0.15) is 0 Å². The molecule has 0 saturated carbocycles. The average Bonchev–Trinajstić information content (AvgIpc) is 4.47. The number of fused-ring (bicyclic) bond motifs is 15. The molecule has 4 nitrogen and oxygen atoms in total. The molecule has 5 heteroatoms. The smallest absolute Gasteiger partial charge is 0.180 e. The second-order valence-electron chi connectivity index (χ2n) is 20.8. The fourth-order valence-electron chi connectivity index (χ4n) is 13.9. The van der Waals surface area contributed by atoms with Crippen LogP contribution in [0.5, 0.6) is 0 Å². The molecular weight excluding hydrogens is 949 g/mol. The lowest BCUT2D eigenvalue weighted by atomic mass is 10.1. The van der Waals surface area contributed by atoms with Gasteiger partial charge in [-0.05, 0) is 129 Å². The number of aromatic nitrogens is 4. The zero-order chi connectivity index (χ0) is 50.3. The van der Waals surface area contributed by atoms with Gasteiger partial charge in [-0.3, -0.25) is 0 Å². The summed E-state index contributed by atoms with van der Waals surface area (Å²) in [7, 11) is -3.08. The van der Waals surface area contributed by atoms with Crippen LogP contribution in [-0.2, 0) is 0 Å². The molecule has 0 amide bonds. The maximum Gasteiger partial charge on any atom is 0.180 e. The van der Waals surface area contributed by atoms with E-state index in [0.717, 1.165) is 22.7 Å². The Bertz CT molecular complexity index is 4760. The lowest BCUT2D eigenvalue weighted by Gasteiger charge is -2.31. The van der Waals surface area contributed by atoms with E-state index in [-0.39, 0.29) is 0 Å². The first-order valence-electron chi connectivity index (χ1n) is 26.7. The van der Waals surface area contributed by atoms with Crippen LogP contribution in [0.25, 0.3) is 121 Å². The Morgan fingerprint density at radius 1 is 0.195 bits per heavy atom. The quantitative estimate of drug-likeness (QED) is 0.148. The monoisotopic (exact) mass is 994 g/mol. The third-order valence-electron chi connectivity index (χ3n) is 17.0. The van der Waals surface area contributed by atoms with Crippen LogP contribution in [0.1, 0.15) is 0 Å². The van der Waals surface area contributed by atoms with Crippen LogP contribution in [0.4, 0.5) is 0 Å². The molecule has 358 valence electrons. The van der Waals surface area contributed by atoms with Crippen molar-refractivity contribution >= 4 is 116 Å². The van der Waals surface area contributed by atoms with Crippen molar-refractivity contribution in [3.05, 3.63) is 279 Å². The molecular formula is C72H46N4Si. The van der Waals surface area contributed by atoms with E-state index in [1.165, 1.54) is 119 Å². The number of hydrogen-bond acceptors (Lipinski definition) is 0. The summed E-state index contributed by atoms with van der Waals surface area (Å²) in [6, 6.07) is 105. The topological polar surface area (TPSA) is 19.7 Å². The molecule has 77 heavy (non-hydrogen) atoms. The van der Waals surface area contributed by atoms with E-state index in [4.69, 9.17) is 0 Å². The van der Waals surface area contributed by atoms with Crippen LogP contribution >= 0.6 is 0 Å². The minimum absolute atomic E-state index is 1.15. The highest BCUT2D eigenvalue weighted by Crippen LogP contribution is 2.43. The van der Waals surface area contributed by atoms with Gasteiger partial charge in [0.2, 0.25) is 0 Å². The Hall–Kier alpha value is -9.94. The van der Waals surface area contributed by atoms with Gasteiger partial charge in [0.05, 0.1) is 44.1 Å². The third-order valence-corrected chi connectivity index (χ3v) is 21.8. The molecule has 0 bridgehead atoms. The molecule has 0 saturated heterocycles. The van der Waals surface area contributed by atoms with Crippen molar-refractivity contribution in [2.24, 2.45) is 0 Å². The molecule has 16 aromatic rings. The molecule has 0 spiro atoms. The van der Waals surface area contributed by atoms with Gasteiger partial charge in [-0.2, -0.15) is 0 Å². The Morgan fingerprint density at radius 2 is 0.481 bits per heavy atom. The van der Waals surface area contributed by atoms with Crippen molar-refractivity contribution in [2.75, 3.05) is 0 Å². The molecule has 4 aromatic heterocycles. The second-order valence-corrected chi connectivity index (χ2v) is 24.5. The van der Waals surface area contributed by atoms with Crippen molar-refractivity contribution < 1.29 is 0 Å². The maximum absolute atomic E-state index is 3.08. The van der Waals surface area contributed by atoms with Crippen molar-refractivity contribution in [1.82, 2.24) is 18.3 Å². The molecule has 0 radical (unpaired) electrons. The number of benzene rings is 12. The van der Waals surface area contributed by atoms with Crippen LogP contribution < -0.4 is 20.7 Å². The van der Waals surface area contributed by atoms with Crippen LogP contribution in [0.15, 0.2) is 279 Å². The highest BCUT2D eigenvalue weighted by Gasteiger charge is 2.49. The third kappa shape index (κ3) is 5.81. The van der Waals surface area contributed by atoms with Crippen molar-refractivity contribution in [3.8, 4) is 33.9 Å². The molecule has 1 aliphatic heterocycles. The minimum Gasteiger partial charge on any atom is -0.309 e. The first-order chi connectivity index (χ1) is 38.2. The van der Waals surface area contributed by atoms with E-state index in [1.807, 2.05) is 0 Å². The summed E-state index contributed by atoms with van der Waals surface area (Å²) in [5.41, 5.74) is 16.8. The summed E-state index contributed by atoms with van der Waals surface area (Å²) in [5.74, 6) is 0. The standard InChI is InChI=1S/C72H46N4Si/c1-5-21-47(22-6-1)73-63-33-17-13-29-53(63)59-43-61-57-41-51(37-39-65(57)75(69(61)45-67(59)73)49-25-9-3-10-26-49)77(71-35-19-15-31-55(71)56-32-16-20-36-72(56)77)52-38-40-66-58(42-52)62-44-60-54-30-14-18-34-64(54)74(48-23-7-2-8-24-48)68(60)46-70(62)76(66)50-27-11-4-12-28-50/h1-46H. The average molecular weight is 995 g/mol. The molecule has 0 N–H and O–H groups in total. The Kier molecular flexibility index (Phi) is 8.83. The second kappa shape index (κ2) is 16.0. The number of rotatable bonds is 6. The number of nitrogens with zero attached hydrogens (tertiary/aromatic N) is 4. The maximum atomic E-state index is 2.60. The fraction of sp³-hybridized carbons (Fsp3) is 0. The summed E-state index contributed by atoms with van der Waals surface area (Å²) in [6.45, 7) is 0. The Balaban J connectivity index is 0.986. The van der Waals surface area contributed by atoms with Crippen LogP contribution in [-0.4, -0.2) is 26.3 Å². The summed E-state index contributed by atoms with van der Waals surface area (Å²) in [6.07, 6.45) is 0.